The number of esters is 1. The van der Waals surface area contributed by atoms with Gasteiger partial charge < -0.3 is 54.3 Å². The Balaban J connectivity index is 1.47. The lowest BCUT2D eigenvalue weighted by atomic mass is 9.82. The third-order valence-corrected chi connectivity index (χ3v) is 7.77. The fraction of sp³-hybridized carbons (Fsp3) is 0.720. The van der Waals surface area contributed by atoms with Gasteiger partial charge in [-0.1, -0.05) is 12.2 Å². The molecule has 12 nitrogen and oxygen atoms in total. The monoisotopic (exact) mass is 528 g/mol. The molecule has 0 spiro atoms. The van der Waals surface area contributed by atoms with Crippen molar-refractivity contribution in [2.75, 3.05) is 6.61 Å². The molecule has 0 bridgehead atoms. The van der Waals surface area contributed by atoms with Crippen molar-refractivity contribution >= 4 is 5.97 Å². The van der Waals surface area contributed by atoms with E-state index in [9.17, 15) is 35.4 Å². The Morgan fingerprint density at radius 2 is 1.92 bits per heavy atom. The Morgan fingerprint density at radius 1 is 1.22 bits per heavy atom. The van der Waals surface area contributed by atoms with Gasteiger partial charge in [0.2, 0.25) is 6.29 Å². The van der Waals surface area contributed by atoms with Crippen LogP contribution in [-0.4, -0.2) is 109 Å². The third-order valence-electron chi connectivity index (χ3n) is 7.77. The summed E-state index contributed by atoms with van der Waals surface area (Å²) in [7, 11) is 0. The van der Waals surface area contributed by atoms with Crippen molar-refractivity contribution in [3.05, 3.63) is 36.6 Å². The van der Waals surface area contributed by atoms with Crippen LogP contribution in [0, 0.1) is 5.92 Å². The van der Waals surface area contributed by atoms with Gasteiger partial charge in [0.25, 0.3) is 0 Å². The summed E-state index contributed by atoms with van der Waals surface area (Å²) in [6.45, 7) is 7.82. The van der Waals surface area contributed by atoms with Crippen LogP contribution in [0.25, 0.3) is 0 Å². The van der Waals surface area contributed by atoms with E-state index in [1.54, 1.807) is 26.8 Å². The second kappa shape index (κ2) is 10.0. The Bertz CT molecular complexity index is 946. The molecule has 6 N–H and O–H groups in total. The maximum atomic E-state index is 12.8. The zero-order valence-electron chi connectivity index (χ0n) is 21.0. The average molecular weight is 529 g/mol. The fourth-order valence-corrected chi connectivity index (χ4v) is 5.28. The molecule has 2 saturated heterocycles. The zero-order chi connectivity index (χ0) is 27.3. The molecule has 0 unspecified atom stereocenters. The first-order chi connectivity index (χ1) is 17.3. The van der Waals surface area contributed by atoms with E-state index in [2.05, 4.69) is 6.58 Å². The molecule has 208 valence electrons. The van der Waals surface area contributed by atoms with Crippen LogP contribution in [0.15, 0.2) is 36.6 Å². The van der Waals surface area contributed by atoms with Crippen LogP contribution in [-0.2, 0) is 28.5 Å². The van der Waals surface area contributed by atoms with E-state index in [4.69, 9.17) is 23.7 Å². The molecule has 1 aliphatic carbocycles. The number of hydrogen-bond donors (Lipinski definition) is 6. The summed E-state index contributed by atoms with van der Waals surface area (Å²) in [4.78, 5) is 12.8. The van der Waals surface area contributed by atoms with Gasteiger partial charge in [-0.15, -0.1) is 6.58 Å². The van der Waals surface area contributed by atoms with Gasteiger partial charge in [0.15, 0.2) is 12.4 Å². The number of aliphatic hydroxyl groups is 6. The van der Waals surface area contributed by atoms with Gasteiger partial charge in [0.1, 0.15) is 41.7 Å². The van der Waals surface area contributed by atoms with E-state index in [1.165, 1.54) is 18.4 Å². The molecule has 1 saturated carbocycles. The average Bonchev–Trinajstić information content (AvgIpc) is 3.48. The largest absolute Gasteiger partial charge is 0.472 e. The van der Waals surface area contributed by atoms with Crippen LogP contribution >= 0.6 is 0 Å². The van der Waals surface area contributed by atoms with Crippen LogP contribution in [0.2, 0.25) is 0 Å². The lowest BCUT2D eigenvalue weighted by molar-refractivity contribution is -0.349. The number of carbonyl (C=O) groups is 1. The second-order valence-electron chi connectivity index (χ2n) is 10.5. The lowest BCUT2D eigenvalue weighted by Crippen LogP contribution is -2.62. The molecule has 0 radical (unpaired) electrons. The Hall–Kier alpha value is -1.87. The fourth-order valence-electron chi connectivity index (χ4n) is 5.28. The van der Waals surface area contributed by atoms with Gasteiger partial charge in [-0.3, -0.25) is 0 Å². The highest BCUT2D eigenvalue weighted by atomic mass is 16.8. The molecule has 0 amide bonds. The van der Waals surface area contributed by atoms with Crippen molar-refractivity contribution in [2.45, 2.75) is 99.6 Å². The molecule has 12 heteroatoms. The van der Waals surface area contributed by atoms with E-state index >= 15 is 0 Å². The highest BCUT2D eigenvalue weighted by Crippen LogP contribution is 2.62. The summed E-state index contributed by atoms with van der Waals surface area (Å²) in [6, 6.07) is 0. The molecule has 3 heterocycles. The van der Waals surface area contributed by atoms with Crippen LogP contribution in [0.1, 0.15) is 33.6 Å². The van der Waals surface area contributed by atoms with Crippen molar-refractivity contribution in [2.24, 2.45) is 5.92 Å². The molecule has 4 aliphatic rings. The SMILES string of the molecule is C=C[C@@](C)(O)CC/C=C(\C)C(=O)O[C@@H]1[C@@H]2O[C@]2(C)[C@H]2[C@H](O[C@@H]3O[C@@H](CO)[C@@H](O)[C@H](O)[C@@H]3O)OC=C[C@]12O. The van der Waals surface area contributed by atoms with Crippen molar-refractivity contribution in [1.29, 1.82) is 0 Å². The van der Waals surface area contributed by atoms with Gasteiger partial charge in [-0.25, -0.2) is 4.79 Å². The minimum Gasteiger partial charge on any atom is -0.472 e. The van der Waals surface area contributed by atoms with E-state index in [0.29, 0.717) is 18.4 Å². The predicted molar refractivity (Wildman–Crippen MR) is 124 cm³/mol. The Labute approximate surface area is 214 Å². The predicted octanol–water partition coefficient (Wildman–Crippen LogP) is -1.23. The van der Waals surface area contributed by atoms with Gasteiger partial charge in [0.05, 0.1) is 24.4 Å². The van der Waals surface area contributed by atoms with Crippen LogP contribution in [0.4, 0.5) is 0 Å². The summed E-state index contributed by atoms with van der Waals surface area (Å²) < 4.78 is 28.3. The van der Waals surface area contributed by atoms with Gasteiger partial charge in [-0.2, -0.15) is 0 Å². The molecule has 3 fully saturated rings. The maximum Gasteiger partial charge on any atom is 0.333 e. The molecular weight excluding hydrogens is 492 g/mol. The second-order valence-corrected chi connectivity index (χ2v) is 10.5. The van der Waals surface area contributed by atoms with Gasteiger partial charge in [-0.05, 0) is 39.7 Å². The number of carbonyl (C=O) groups excluding carboxylic acids is 1. The molecule has 37 heavy (non-hydrogen) atoms. The Kier molecular flexibility index (Phi) is 7.63. The third kappa shape index (κ3) is 4.98. The first-order valence-electron chi connectivity index (χ1n) is 12.2. The molecule has 3 aliphatic heterocycles. The first-order valence-corrected chi connectivity index (χ1v) is 12.2. The number of epoxide rings is 1. The topological polar surface area (TPSA) is 188 Å². The number of rotatable bonds is 9. The summed E-state index contributed by atoms with van der Waals surface area (Å²) >= 11 is 0. The number of aliphatic hydroxyl groups excluding tert-OH is 4. The molecule has 0 aromatic carbocycles. The Morgan fingerprint density at radius 3 is 2.57 bits per heavy atom. The van der Waals surface area contributed by atoms with E-state index in [1.807, 2.05) is 0 Å². The smallest absolute Gasteiger partial charge is 0.333 e. The van der Waals surface area contributed by atoms with Crippen molar-refractivity contribution in [3.8, 4) is 0 Å². The van der Waals surface area contributed by atoms with Gasteiger partial charge >= 0.3 is 5.97 Å². The van der Waals surface area contributed by atoms with Crippen molar-refractivity contribution < 1.29 is 59.1 Å². The number of allylic oxidation sites excluding steroid dienone is 1. The van der Waals surface area contributed by atoms with Crippen LogP contribution in [0.5, 0.6) is 0 Å². The highest BCUT2D eigenvalue weighted by molar-refractivity contribution is 5.88. The van der Waals surface area contributed by atoms with Crippen LogP contribution < -0.4 is 0 Å². The summed E-state index contributed by atoms with van der Waals surface area (Å²) in [6.07, 6.45) is -4.27. The minimum absolute atomic E-state index is 0.291. The first kappa shape index (κ1) is 28.1. The normalized spacial score (nSPS) is 46.3. The number of fused-ring (bicyclic) bond motifs is 3. The molecule has 12 atom stereocenters. The summed E-state index contributed by atoms with van der Waals surface area (Å²) in [5, 5.41) is 61.6. The molecule has 0 aromatic heterocycles. The zero-order valence-corrected chi connectivity index (χ0v) is 21.0. The van der Waals surface area contributed by atoms with Crippen molar-refractivity contribution in [3.63, 3.8) is 0 Å². The number of ether oxygens (including phenoxy) is 5. The standard InChI is InChI=1S/C25H36O12/c1-5-23(3,31)8-6-7-12(2)20(30)35-19-18-24(4,37-18)17-22(33-10-9-25(17,19)32)36-21-16(29)15(28)14(27)13(11-26)34-21/h5,7,9-10,13-19,21-22,26-29,31-32H,1,6,8,11H2,2-4H3/b12-7+/t13-,14+,15-,16-,17+,18-,19+,21-,22-,23+,24+,25+/m0/s1. The summed E-state index contributed by atoms with van der Waals surface area (Å²) in [5.41, 5.74) is -3.54. The highest BCUT2D eigenvalue weighted by Gasteiger charge is 2.80. The molecular formula is C25H36O12. The lowest BCUT2D eigenvalue weighted by Gasteiger charge is -2.45. The van der Waals surface area contributed by atoms with Crippen LogP contribution in [0.3, 0.4) is 0 Å². The van der Waals surface area contributed by atoms with Crippen molar-refractivity contribution in [1.82, 2.24) is 0 Å². The minimum atomic E-state index is -1.75. The molecule has 0 aromatic rings. The van der Waals surface area contributed by atoms with E-state index < -0.39 is 84.5 Å². The quantitative estimate of drug-likeness (QED) is 0.0906. The summed E-state index contributed by atoms with van der Waals surface area (Å²) in [5.74, 6) is -1.59. The van der Waals surface area contributed by atoms with E-state index in [0.717, 1.165) is 0 Å². The van der Waals surface area contributed by atoms with Gasteiger partial charge in [0, 0.05) is 5.57 Å². The molecule has 4 rings (SSSR count). The number of hydrogen-bond acceptors (Lipinski definition) is 12. The maximum absolute atomic E-state index is 12.8. The van der Waals surface area contributed by atoms with E-state index in [-0.39, 0.29) is 0 Å².